The van der Waals surface area contributed by atoms with E-state index in [9.17, 15) is 5.11 Å². The Morgan fingerprint density at radius 3 is 2.67 bits per heavy atom. The standard InChI is InChI=1S/C8H15N3O/c1-2-8(12)4-3-5-11-6-9-10-7-11/h6-8,12H,2-5H2,1H3. The highest BCUT2D eigenvalue weighted by Crippen LogP contribution is 2.02. The molecule has 0 fully saturated rings. The normalized spacial score (nSPS) is 13.2. The first-order chi connectivity index (χ1) is 5.83. The van der Waals surface area contributed by atoms with Crippen LogP contribution in [0.15, 0.2) is 12.7 Å². The Morgan fingerprint density at radius 2 is 2.08 bits per heavy atom. The van der Waals surface area contributed by atoms with E-state index in [1.807, 2.05) is 11.5 Å². The number of rotatable bonds is 5. The van der Waals surface area contributed by atoms with Crippen molar-refractivity contribution in [1.82, 2.24) is 14.8 Å². The molecular weight excluding hydrogens is 154 g/mol. The van der Waals surface area contributed by atoms with Crippen molar-refractivity contribution in [2.45, 2.75) is 38.8 Å². The second-order valence-corrected chi connectivity index (χ2v) is 2.90. The van der Waals surface area contributed by atoms with Crippen molar-refractivity contribution in [2.24, 2.45) is 0 Å². The molecule has 12 heavy (non-hydrogen) atoms. The van der Waals surface area contributed by atoms with Crippen LogP contribution in [0.2, 0.25) is 0 Å². The monoisotopic (exact) mass is 169 g/mol. The van der Waals surface area contributed by atoms with Gasteiger partial charge in [0.1, 0.15) is 12.7 Å². The smallest absolute Gasteiger partial charge is 0.119 e. The lowest BCUT2D eigenvalue weighted by molar-refractivity contribution is 0.156. The fourth-order valence-corrected chi connectivity index (χ4v) is 1.05. The van der Waals surface area contributed by atoms with Gasteiger partial charge in [-0.3, -0.25) is 0 Å². The summed E-state index contributed by atoms with van der Waals surface area (Å²) in [5.74, 6) is 0. The van der Waals surface area contributed by atoms with Crippen molar-refractivity contribution in [1.29, 1.82) is 0 Å². The van der Waals surface area contributed by atoms with Gasteiger partial charge in [-0.15, -0.1) is 10.2 Å². The molecule has 1 aromatic heterocycles. The van der Waals surface area contributed by atoms with Crippen LogP contribution in [0.1, 0.15) is 26.2 Å². The van der Waals surface area contributed by atoms with E-state index in [1.54, 1.807) is 12.7 Å². The highest BCUT2D eigenvalue weighted by molar-refractivity contribution is 4.61. The summed E-state index contributed by atoms with van der Waals surface area (Å²) in [7, 11) is 0. The number of aromatic nitrogens is 3. The first-order valence-electron chi connectivity index (χ1n) is 4.33. The molecule has 1 N–H and O–H groups in total. The molecule has 0 saturated carbocycles. The van der Waals surface area contributed by atoms with E-state index in [-0.39, 0.29) is 6.10 Å². The Hall–Kier alpha value is -0.900. The molecule has 1 heterocycles. The Balaban J connectivity index is 2.11. The summed E-state index contributed by atoms with van der Waals surface area (Å²) in [6.45, 7) is 2.88. The van der Waals surface area contributed by atoms with Gasteiger partial charge >= 0.3 is 0 Å². The van der Waals surface area contributed by atoms with Gasteiger partial charge in [-0.2, -0.15) is 0 Å². The average Bonchev–Trinajstić information content (AvgIpc) is 2.57. The summed E-state index contributed by atoms with van der Waals surface area (Å²) in [4.78, 5) is 0. The zero-order valence-electron chi connectivity index (χ0n) is 7.35. The van der Waals surface area contributed by atoms with Crippen LogP contribution in [0.3, 0.4) is 0 Å². The van der Waals surface area contributed by atoms with Crippen LogP contribution >= 0.6 is 0 Å². The second-order valence-electron chi connectivity index (χ2n) is 2.90. The van der Waals surface area contributed by atoms with E-state index in [4.69, 9.17) is 0 Å². The number of nitrogens with zero attached hydrogens (tertiary/aromatic N) is 3. The van der Waals surface area contributed by atoms with E-state index in [2.05, 4.69) is 10.2 Å². The summed E-state index contributed by atoms with van der Waals surface area (Å²) in [5, 5.41) is 16.6. The molecule has 0 aliphatic rings. The molecule has 0 bridgehead atoms. The van der Waals surface area contributed by atoms with E-state index in [1.165, 1.54) is 0 Å². The topological polar surface area (TPSA) is 50.9 Å². The van der Waals surface area contributed by atoms with Gasteiger partial charge in [-0.25, -0.2) is 0 Å². The minimum atomic E-state index is -0.151. The largest absolute Gasteiger partial charge is 0.393 e. The van der Waals surface area contributed by atoms with Crippen LogP contribution in [-0.4, -0.2) is 26.0 Å². The van der Waals surface area contributed by atoms with Crippen molar-refractivity contribution in [3.05, 3.63) is 12.7 Å². The molecule has 68 valence electrons. The highest BCUT2D eigenvalue weighted by Gasteiger charge is 1.99. The lowest BCUT2D eigenvalue weighted by Gasteiger charge is -2.06. The minimum Gasteiger partial charge on any atom is -0.393 e. The van der Waals surface area contributed by atoms with Crippen LogP contribution < -0.4 is 0 Å². The van der Waals surface area contributed by atoms with Crippen LogP contribution in [-0.2, 0) is 6.54 Å². The predicted molar refractivity (Wildman–Crippen MR) is 45.6 cm³/mol. The zero-order valence-corrected chi connectivity index (χ0v) is 7.35. The van der Waals surface area contributed by atoms with Gasteiger partial charge in [0.25, 0.3) is 0 Å². The summed E-state index contributed by atoms with van der Waals surface area (Å²) < 4.78 is 1.92. The van der Waals surface area contributed by atoms with Gasteiger partial charge in [-0.1, -0.05) is 6.92 Å². The molecule has 0 radical (unpaired) electrons. The first-order valence-corrected chi connectivity index (χ1v) is 4.33. The van der Waals surface area contributed by atoms with Gasteiger partial charge in [0.15, 0.2) is 0 Å². The maximum absolute atomic E-state index is 9.25. The van der Waals surface area contributed by atoms with Gasteiger partial charge in [0, 0.05) is 6.54 Å². The molecular formula is C8H15N3O. The third-order valence-corrected chi connectivity index (χ3v) is 1.89. The molecule has 0 aromatic carbocycles. The predicted octanol–water partition coefficient (Wildman–Crippen LogP) is 0.829. The fourth-order valence-electron chi connectivity index (χ4n) is 1.05. The maximum Gasteiger partial charge on any atom is 0.119 e. The van der Waals surface area contributed by atoms with Gasteiger partial charge in [0.05, 0.1) is 6.10 Å². The van der Waals surface area contributed by atoms with E-state index in [0.717, 1.165) is 25.8 Å². The van der Waals surface area contributed by atoms with Crippen molar-refractivity contribution in [3.63, 3.8) is 0 Å². The zero-order chi connectivity index (χ0) is 8.81. The van der Waals surface area contributed by atoms with Crippen LogP contribution in [0.25, 0.3) is 0 Å². The average molecular weight is 169 g/mol. The molecule has 1 aromatic rings. The lowest BCUT2D eigenvalue weighted by atomic mass is 10.1. The van der Waals surface area contributed by atoms with Crippen LogP contribution in [0.5, 0.6) is 0 Å². The SMILES string of the molecule is CCC(O)CCCn1cnnc1. The van der Waals surface area contributed by atoms with Crippen molar-refractivity contribution < 1.29 is 5.11 Å². The van der Waals surface area contributed by atoms with Gasteiger partial charge < -0.3 is 9.67 Å². The van der Waals surface area contributed by atoms with E-state index in [0.29, 0.717) is 0 Å². The first kappa shape index (κ1) is 9.19. The van der Waals surface area contributed by atoms with Crippen molar-refractivity contribution in [2.75, 3.05) is 0 Å². The molecule has 0 aliphatic heterocycles. The number of hydrogen-bond acceptors (Lipinski definition) is 3. The number of aryl methyl sites for hydroxylation is 1. The van der Waals surface area contributed by atoms with Crippen molar-refractivity contribution in [3.8, 4) is 0 Å². The summed E-state index contributed by atoms with van der Waals surface area (Å²) in [6.07, 6.45) is 5.90. The second kappa shape index (κ2) is 4.87. The molecule has 0 spiro atoms. The minimum absolute atomic E-state index is 0.151. The van der Waals surface area contributed by atoms with Crippen LogP contribution in [0.4, 0.5) is 0 Å². The number of hydrogen-bond donors (Lipinski definition) is 1. The van der Waals surface area contributed by atoms with E-state index >= 15 is 0 Å². The molecule has 4 nitrogen and oxygen atoms in total. The fraction of sp³-hybridized carbons (Fsp3) is 0.750. The van der Waals surface area contributed by atoms with E-state index < -0.39 is 0 Å². The summed E-state index contributed by atoms with van der Waals surface area (Å²) in [5.41, 5.74) is 0. The Morgan fingerprint density at radius 1 is 1.42 bits per heavy atom. The summed E-state index contributed by atoms with van der Waals surface area (Å²) in [6, 6.07) is 0. The highest BCUT2D eigenvalue weighted by atomic mass is 16.3. The third kappa shape index (κ3) is 3.00. The van der Waals surface area contributed by atoms with Crippen LogP contribution in [0, 0.1) is 0 Å². The molecule has 0 aliphatic carbocycles. The summed E-state index contributed by atoms with van der Waals surface area (Å²) >= 11 is 0. The quantitative estimate of drug-likeness (QED) is 0.710. The third-order valence-electron chi connectivity index (χ3n) is 1.89. The molecule has 4 heteroatoms. The number of aliphatic hydroxyl groups excluding tert-OH is 1. The molecule has 1 unspecified atom stereocenters. The van der Waals surface area contributed by atoms with Gasteiger partial charge in [-0.05, 0) is 19.3 Å². The molecule has 0 saturated heterocycles. The maximum atomic E-state index is 9.25. The molecule has 1 rings (SSSR count). The van der Waals surface area contributed by atoms with Crippen molar-refractivity contribution >= 4 is 0 Å². The Bertz CT molecular complexity index is 198. The van der Waals surface area contributed by atoms with Gasteiger partial charge in [0.2, 0.25) is 0 Å². The molecule has 0 amide bonds. The molecule has 1 atom stereocenters. The Kier molecular flexibility index (Phi) is 3.73. The lowest BCUT2D eigenvalue weighted by Crippen LogP contribution is -2.06. The number of aliphatic hydroxyl groups is 1. The Labute approximate surface area is 72.2 Å².